The number of aromatic nitrogens is 1. The van der Waals surface area contributed by atoms with Crippen LogP contribution in [0.2, 0.25) is 5.02 Å². The Bertz CT molecular complexity index is 425. The molecular formula is C12H14ClFN2O. The van der Waals surface area contributed by atoms with Crippen molar-refractivity contribution in [3.8, 4) is 0 Å². The van der Waals surface area contributed by atoms with Crippen molar-refractivity contribution in [3.05, 3.63) is 23.1 Å². The Morgan fingerprint density at radius 2 is 2.24 bits per heavy atom. The van der Waals surface area contributed by atoms with E-state index in [0.29, 0.717) is 10.9 Å². The first-order valence-corrected chi connectivity index (χ1v) is 6.31. The van der Waals surface area contributed by atoms with Crippen molar-refractivity contribution in [3.63, 3.8) is 0 Å². The van der Waals surface area contributed by atoms with E-state index in [1.165, 1.54) is 25.1 Å². The highest BCUT2D eigenvalue weighted by Gasteiger charge is 2.40. The van der Waals surface area contributed by atoms with Crippen molar-refractivity contribution in [2.75, 3.05) is 11.9 Å². The van der Waals surface area contributed by atoms with Gasteiger partial charge in [0.1, 0.15) is 0 Å². The SMILES string of the molecule is Fc1cc(Cl)cnc1NC1CCOC1C1CC1. The van der Waals surface area contributed by atoms with E-state index in [-0.39, 0.29) is 18.0 Å². The number of ether oxygens (including phenoxy) is 1. The van der Waals surface area contributed by atoms with Gasteiger partial charge in [0.2, 0.25) is 0 Å². The van der Waals surface area contributed by atoms with Crippen LogP contribution in [0, 0.1) is 11.7 Å². The minimum atomic E-state index is -0.404. The summed E-state index contributed by atoms with van der Waals surface area (Å²) in [6.07, 6.45) is 5.02. The summed E-state index contributed by atoms with van der Waals surface area (Å²) < 4.78 is 19.3. The van der Waals surface area contributed by atoms with E-state index in [9.17, 15) is 4.39 Å². The van der Waals surface area contributed by atoms with Gasteiger partial charge in [-0.2, -0.15) is 0 Å². The molecule has 1 saturated heterocycles. The van der Waals surface area contributed by atoms with Gasteiger partial charge in [-0.05, 0) is 31.2 Å². The van der Waals surface area contributed by atoms with E-state index in [0.717, 1.165) is 13.0 Å². The molecular weight excluding hydrogens is 243 g/mol. The molecule has 3 nitrogen and oxygen atoms in total. The molecule has 2 aliphatic rings. The van der Waals surface area contributed by atoms with Crippen molar-refractivity contribution < 1.29 is 9.13 Å². The summed E-state index contributed by atoms with van der Waals surface area (Å²) in [5.41, 5.74) is 0. The van der Waals surface area contributed by atoms with Gasteiger partial charge in [0.05, 0.1) is 17.2 Å². The fraction of sp³-hybridized carbons (Fsp3) is 0.583. The van der Waals surface area contributed by atoms with E-state index in [1.807, 2.05) is 0 Å². The first-order chi connectivity index (χ1) is 8.24. The molecule has 0 spiro atoms. The van der Waals surface area contributed by atoms with Crippen LogP contribution in [0.1, 0.15) is 19.3 Å². The monoisotopic (exact) mass is 256 g/mol. The predicted octanol–water partition coefficient (Wildman–Crippen LogP) is 2.85. The number of hydrogen-bond acceptors (Lipinski definition) is 3. The van der Waals surface area contributed by atoms with Crippen molar-refractivity contribution in [2.24, 2.45) is 5.92 Å². The number of rotatable bonds is 3. The average molecular weight is 257 g/mol. The maximum Gasteiger partial charge on any atom is 0.166 e. The summed E-state index contributed by atoms with van der Waals surface area (Å²) in [6, 6.07) is 1.45. The Kier molecular flexibility index (Phi) is 2.92. The smallest absolute Gasteiger partial charge is 0.166 e. The number of halogens is 2. The van der Waals surface area contributed by atoms with Crippen LogP contribution in [0.15, 0.2) is 12.3 Å². The fourth-order valence-corrected chi connectivity index (χ4v) is 2.50. The number of pyridine rings is 1. The lowest BCUT2D eigenvalue weighted by atomic mass is 10.1. The van der Waals surface area contributed by atoms with Gasteiger partial charge < -0.3 is 10.1 Å². The summed E-state index contributed by atoms with van der Waals surface area (Å²) in [7, 11) is 0. The van der Waals surface area contributed by atoms with Crippen molar-refractivity contribution in [1.82, 2.24) is 4.98 Å². The number of nitrogens with one attached hydrogen (secondary N) is 1. The lowest BCUT2D eigenvalue weighted by molar-refractivity contribution is 0.0897. The second kappa shape index (κ2) is 4.42. The van der Waals surface area contributed by atoms with Crippen molar-refractivity contribution >= 4 is 17.4 Å². The van der Waals surface area contributed by atoms with Crippen molar-refractivity contribution in [1.29, 1.82) is 0 Å². The largest absolute Gasteiger partial charge is 0.376 e. The van der Waals surface area contributed by atoms with E-state index in [2.05, 4.69) is 10.3 Å². The zero-order valence-electron chi connectivity index (χ0n) is 9.33. The topological polar surface area (TPSA) is 34.2 Å². The van der Waals surface area contributed by atoms with Crippen LogP contribution in [0.3, 0.4) is 0 Å². The molecule has 0 amide bonds. The highest BCUT2D eigenvalue weighted by Crippen LogP contribution is 2.39. The Labute approximate surface area is 104 Å². The third-order valence-electron chi connectivity index (χ3n) is 3.35. The molecule has 17 heavy (non-hydrogen) atoms. The summed E-state index contributed by atoms with van der Waals surface area (Å²) in [4.78, 5) is 3.98. The van der Waals surface area contributed by atoms with Gasteiger partial charge in [-0.15, -0.1) is 0 Å². The van der Waals surface area contributed by atoms with Crippen LogP contribution in [0.25, 0.3) is 0 Å². The standard InChI is InChI=1S/C12H14ClFN2O/c13-8-5-9(14)12(15-6-8)16-10-3-4-17-11(10)7-1-2-7/h5-7,10-11H,1-4H2,(H,15,16). The molecule has 1 aromatic heterocycles. The summed E-state index contributed by atoms with van der Waals surface area (Å²) in [5, 5.41) is 3.45. The second-order valence-corrected chi connectivity index (χ2v) is 5.13. The maximum absolute atomic E-state index is 13.6. The molecule has 1 aromatic rings. The van der Waals surface area contributed by atoms with Gasteiger partial charge in [0.25, 0.3) is 0 Å². The van der Waals surface area contributed by atoms with E-state index in [4.69, 9.17) is 16.3 Å². The molecule has 2 fully saturated rings. The van der Waals surface area contributed by atoms with Crippen LogP contribution >= 0.6 is 11.6 Å². The highest BCUT2D eigenvalue weighted by molar-refractivity contribution is 6.30. The summed E-state index contributed by atoms with van der Waals surface area (Å²) in [6.45, 7) is 0.744. The minimum Gasteiger partial charge on any atom is -0.376 e. The van der Waals surface area contributed by atoms with Crippen LogP contribution in [0.5, 0.6) is 0 Å². The van der Waals surface area contributed by atoms with Crippen LogP contribution in [-0.2, 0) is 4.74 Å². The lowest BCUT2D eigenvalue weighted by Gasteiger charge is -2.20. The number of hydrogen-bond donors (Lipinski definition) is 1. The molecule has 2 unspecified atom stereocenters. The van der Waals surface area contributed by atoms with E-state index >= 15 is 0 Å². The Morgan fingerprint density at radius 3 is 2.94 bits per heavy atom. The molecule has 1 saturated carbocycles. The van der Waals surface area contributed by atoms with Crippen LogP contribution in [-0.4, -0.2) is 23.7 Å². The zero-order valence-corrected chi connectivity index (χ0v) is 10.1. The van der Waals surface area contributed by atoms with Gasteiger partial charge in [-0.25, -0.2) is 9.37 Å². The molecule has 3 rings (SSSR count). The van der Waals surface area contributed by atoms with Crippen LogP contribution in [0.4, 0.5) is 10.2 Å². The first-order valence-electron chi connectivity index (χ1n) is 5.93. The Morgan fingerprint density at radius 1 is 1.41 bits per heavy atom. The summed E-state index contributed by atoms with van der Waals surface area (Å²) in [5.74, 6) is 0.514. The Balaban J connectivity index is 1.72. The molecule has 2 heterocycles. The highest BCUT2D eigenvalue weighted by atomic mass is 35.5. The molecule has 92 valence electrons. The normalized spacial score (nSPS) is 28.4. The van der Waals surface area contributed by atoms with E-state index < -0.39 is 5.82 Å². The molecule has 5 heteroatoms. The van der Waals surface area contributed by atoms with Gasteiger partial charge >= 0.3 is 0 Å². The average Bonchev–Trinajstić information content (AvgIpc) is 3.03. The molecule has 0 bridgehead atoms. The molecule has 1 N–H and O–H groups in total. The van der Waals surface area contributed by atoms with Crippen LogP contribution < -0.4 is 5.32 Å². The molecule has 0 aromatic carbocycles. The lowest BCUT2D eigenvalue weighted by Crippen LogP contribution is -2.31. The van der Waals surface area contributed by atoms with Gasteiger partial charge in [0, 0.05) is 12.8 Å². The Hall–Kier alpha value is -0.870. The molecule has 1 aliphatic carbocycles. The second-order valence-electron chi connectivity index (χ2n) is 4.70. The number of nitrogens with zero attached hydrogens (tertiary/aromatic N) is 1. The van der Waals surface area contributed by atoms with Gasteiger partial charge in [-0.3, -0.25) is 0 Å². The summed E-state index contributed by atoms with van der Waals surface area (Å²) >= 11 is 5.67. The zero-order chi connectivity index (χ0) is 11.8. The predicted molar refractivity (Wildman–Crippen MR) is 63.7 cm³/mol. The molecule has 0 radical (unpaired) electrons. The first kappa shape index (κ1) is 11.2. The maximum atomic E-state index is 13.6. The quantitative estimate of drug-likeness (QED) is 0.903. The fourth-order valence-electron chi connectivity index (χ4n) is 2.35. The number of anilines is 1. The molecule has 2 atom stereocenters. The van der Waals surface area contributed by atoms with E-state index in [1.54, 1.807) is 0 Å². The third-order valence-corrected chi connectivity index (χ3v) is 3.56. The van der Waals surface area contributed by atoms with Gasteiger partial charge in [-0.1, -0.05) is 11.6 Å². The van der Waals surface area contributed by atoms with Crippen molar-refractivity contribution in [2.45, 2.75) is 31.4 Å². The minimum absolute atomic E-state index is 0.172. The molecule has 1 aliphatic heterocycles. The third kappa shape index (κ3) is 2.38. The van der Waals surface area contributed by atoms with Gasteiger partial charge in [0.15, 0.2) is 11.6 Å².